The second-order valence-electron chi connectivity index (χ2n) is 8.81. The molecule has 2 nitrogen and oxygen atoms in total. The number of hydrogen-bond acceptors (Lipinski definition) is 2. The topological polar surface area (TPSA) is 18.5 Å². The highest BCUT2D eigenvalue weighted by Crippen LogP contribution is 2.48. The van der Waals surface area contributed by atoms with Gasteiger partial charge >= 0.3 is 18.0 Å². The summed E-state index contributed by atoms with van der Waals surface area (Å²) in [5.41, 5.74) is 0. The molecule has 0 aliphatic carbocycles. The molecule has 1 aliphatic heterocycles. The van der Waals surface area contributed by atoms with Crippen molar-refractivity contribution in [3.8, 4) is 0 Å². The number of unbranched alkanes of at least 4 members (excludes halogenated alkanes) is 11. The van der Waals surface area contributed by atoms with Crippen molar-refractivity contribution in [1.29, 1.82) is 0 Å². The van der Waals surface area contributed by atoms with E-state index in [4.69, 9.17) is 9.47 Å². The zero-order chi connectivity index (χ0) is 23.9. The van der Waals surface area contributed by atoms with Crippen LogP contribution in [-0.2, 0) is 9.47 Å². The zero-order valence-corrected chi connectivity index (χ0v) is 19.0. The van der Waals surface area contributed by atoms with Gasteiger partial charge < -0.3 is 9.47 Å². The van der Waals surface area contributed by atoms with Crippen molar-refractivity contribution >= 4 is 0 Å². The van der Waals surface area contributed by atoms with Gasteiger partial charge in [-0.25, -0.2) is 0 Å². The van der Waals surface area contributed by atoms with Gasteiger partial charge in [-0.05, 0) is 32.1 Å². The van der Waals surface area contributed by atoms with Crippen LogP contribution >= 0.6 is 0 Å². The minimum absolute atomic E-state index is 0.235. The molecule has 0 aromatic heterocycles. The predicted molar refractivity (Wildman–Crippen MR) is 110 cm³/mol. The Labute approximate surface area is 187 Å². The Morgan fingerprint density at radius 3 is 1.62 bits per heavy atom. The Kier molecular flexibility index (Phi) is 14.1. The van der Waals surface area contributed by atoms with Crippen molar-refractivity contribution in [1.82, 2.24) is 0 Å². The van der Waals surface area contributed by atoms with Gasteiger partial charge in [0.1, 0.15) is 0 Å². The molecule has 192 valence electrons. The maximum absolute atomic E-state index is 13.2. The number of rotatable bonds is 19. The summed E-state index contributed by atoms with van der Waals surface area (Å²) in [4.78, 5) is 0. The zero-order valence-electron chi connectivity index (χ0n) is 19.0. The van der Waals surface area contributed by atoms with Gasteiger partial charge in [0.05, 0.1) is 6.10 Å². The summed E-state index contributed by atoms with van der Waals surface area (Å²) in [6.45, 7) is 2.45. The Morgan fingerprint density at radius 2 is 1.16 bits per heavy atom. The van der Waals surface area contributed by atoms with Crippen LogP contribution in [-0.4, -0.2) is 43.9 Å². The van der Waals surface area contributed by atoms with E-state index >= 15 is 0 Å². The van der Waals surface area contributed by atoms with Crippen LogP contribution in [0.25, 0.3) is 0 Å². The normalized spacial score (nSPS) is 17.9. The fourth-order valence-corrected chi connectivity index (χ4v) is 3.87. The molecule has 0 spiro atoms. The lowest BCUT2D eigenvalue weighted by Crippen LogP contribution is -2.51. The van der Waals surface area contributed by atoms with Crippen molar-refractivity contribution in [3.05, 3.63) is 0 Å². The third-order valence-corrected chi connectivity index (χ3v) is 5.95. The van der Waals surface area contributed by atoms with Gasteiger partial charge in [-0.3, -0.25) is 0 Å². The first-order valence-corrected chi connectivity index (χ1v) is 12.1. The number of ether oxygens (including phenoxy) is 2. The third kappa shape index (κ3) is 11.5. The molecule has 0 aromatic carbocycles. The molecule has 32 heavy (non-hydrogen) atoms. The average molecular weight is 481 g/mol. The van der Waals surface area contributed by atoms with Crippen LogP contribution in [0.5, 0.6) is 0 Å². The van der Waals surface area contributed by atoms with Gasteiger partial charge in [-0.2, -0.15) is 30.7 Å². The first-order valence-electron chi connectivity index (χ1n) is 12.1. The van der Waals surface area contributed by atoms with Gasteiger partial charge in [0.15, 0.2) is 0 Å². The van der Waals surface area contributed by atoms with E-state index in [0.29, 0.717) is 12.5 Å². The van der Waals surface area contributed by atoms with E-state index in [-0.39, 0.29) is 12.8 Å². The molecule has 0 aromatic rings. The summed E-state index contributed by atoms with van der Waals surface area (Å²) < 4.78 is 99.2. The predicted octanol–water partition coefficient (Wildman–Crippen LogP) is 8.48. The number of halogens is 7. The summed E-state index contributed by atoms with van der Waals surface area (Å²) in [6.07, 6.45) is 5.99. The van der Waals surface area contributed by atoms with Crippen LogP contribution < -0.4 is 0 Å². The molecular formula is C23H39F7O2. The van der Waals surface area contributed by atoms with E-state index < -0.39 is 24.4 Å². The fraction of sp³-hybridized carbons (Fsp3) is 1.00. The van der Waals surface area contributed by atoms with E-state index in [1.807, 2.05) is 0 Å². The van der Waals surface area contributed by atoms with Gasteiger partial charge in [0, 0.05) is 26.2 Å². The Morgan fingerprint density at radius 1 is 0.656 bits per heavy atom. The van der Waals surface area contributed by atoms with Crippen LogP contribution in [0.2, 0.25) is 0 Å². The molecule has 1 unspecified atom stereocenters. The summed E-state index contributed by atoms with van der Waals surface area (Å²) in [5, 5.41) is 0. The lowest BCUT2D eigenvalue weighted by Gasteiger charge is -2.28. The standard InChI is InChI=1S/C23H39F7O2/c24-21(25,22(26,27)23(28,29)30)16-11-9-7-5-3-1-2-4-6-8-10-12-17-31-19-15-20-14-13-18-32-20/h20H,1-19H2. The molecule has 1 saturated heterocycles. The highest BCUT2D eigenvalue weighted by molar-refractivity contribution is 4.90. The van der Waals surface area contributed by atoms with Crippen molar-refractivity contribution in [3.63, 3.8) is 0 Å². The molecule has 0 amide bonds. The maximum atomic E-state index is 13.2. The highest BCUT2D eigenvalue weighted by Gasteiger charge is 2.72. The van der Waals surface area contributed by atoms with Crippen LogP contribution in [0.3, 0.4) is 0 Å². The minimum Gasteiger partial charge on any atom is -0.381 e. The van der Waals surface area contributed by atoms with E-state index in [1.165, 1.54) is 12.8 Å². The first kappa shape index (κ1) is 29.5. The fourth-order valence-electron chi connectivity index (χ4n) is 3.87. The molecule has 0 N–H and O–H groups in total. The largest absolute Gasteiger partial charge is 0.459 e. The van der Waals surface area contributed by atoms with Gasteiger partial charge in [-0.1, -0.05) is 64.2 Å². The molecule has 1 heterocycles. The minimum atomic E-state index is -6.23. The van der Waals surface area contributed by atoms with Crippen molar-refractivity contribution < 1.29 is 40.2 Å². The quantitative estimate of drug-likeness (QED) is 0.136. The molecule has 1 aliphatic rings. The first-order chi connectivity index (χ1) is 15.1. The molecule has 1 fully saturated rings. The van der Waals surface area contributed by atoms with Crippen molar-refractivity contribution in [2.75, 3.05) is 19.8 Å². The third-order valence-electron chi connectivity index (χ3n) is 5.95. The molecule has 0 bridgehead atoms. The van der Waals surface area contributed by atoms with E-state index in [9.17, 15) is 30.7 Å². The second-order valence-corrected chi connectivity index (χ2v) is 8.81. The molecule has 9 heteroatoms. The Bertz CT molecular complexity index is 464. The van der Waals surface area contributed by atoms with E-state index in [1.54, 1.807) is 0 Å². The highest BCUT2D eigenvalue weighted by atomic mass is 19.4. The average Bonchev–Trinajstić information content (AvgIpc) is 3.22. The Balaban J connectivity index is 1.82. The summed E-state index contributed by atoms with van der Waals surface area (Å²) in [5.74, 6) is -11.0. The summed E-state index contributed by atoms with van der Waals surface area (Å²) >= 11 is 0. The molecule has 0 saturated carbocycles. The molecular weight excluding hydrogens is 441 g/mol. The molecule has 1 rings (SSSR count). The molecule has 1 atom stereocenters. The van der Waals surface area contributed by atoms with E-state index in [0.717, 1.165) is 84.0 Å². The van der Waals surface area contributed by atoms with Gasteiger partial charge in [0.2, 0.25) is 0 Å². The van der Waals surface area contributed by atoms with E-state index in [2.05, 4.69) is 0 Å². The van der Waals surface area contributed by atoms with Crippen LogP contribution in [0.15, 0.2) is 0 Å². The molecule has 0 radical (unpaired) electrons. The maximum Gasteiger partial charge on any atom is 0.459 e. The monoisotopic (exact) mass is 480 g/mol. The SMILES string of the molecule is FC(F)(F)C(F)(F)C(F)(F)CCCCCCCCCCCCCCOCCC1CCCO1. The second kappa shape index (κ2) is 15.4. The summed E-state index contributed by atoms with van der Waals surface area (Å²) in [7, 11) is 0. The Hall–Kier alpha value is -0.570. The van der Waals surface area contributed by atoms with Gasteiger partial charge in [0.25, 0.3) is 0 Å². The number of alkyl halides is 7. The summed E-state index contributed by atoms with van der Waals surface area (Å²) in [6, 6.07) is 0. The van der Waals surface area contributed by atoms with Crippen molar-refractivity contribution in [2.45, 2.75) is 127 Å². The number of hydrogen-bond donors (Lipinski definition) is 0. The lowest BCUT2D eigenvalue weighted by atomic mass is 10.0. The van der Waals surface area contributed by atoms with Crippen LogP contribution in [0.1, 0.15) is 103 Å². The van der Waals surface area contributed by atoms with Gasteiger partial charge in [-0.15, -0.1) is 0 Å². The van der Waals surface area contributed by atoms with Crippen LogP contribution in [0.4, 0.5) is 30.7 Å². The smallest absolute Gasteiger partial charge is 0.381 e. The van der Waals surface area contributed by atoms with Crippen LogP contribution in [0, 0.1) is 0 Å². The van der Waals surface area contributed by atoms with Crippen molar-refractivity contribution in [2.24, 2.45) is 0 Å². The lowest BCUT2D eigenvalue weighted by molar-refractivity contribution is -0.355.